The van der Waals surface area contributed by atoms with Crippen molar-refractivity contribution in [3.05, 3.63) is 0 Å². The summed E-state index contributed by atoms with van der Waals surface area (Å²) in [5, 5.41) is 0. The predicted octanol–water partition coefficient (Wildman–Crippen LogP) is 0.387. The quantitative estimate of drug-likeness (QED) is 0.450. The largest absolute Gasteiger partial charge is 0.331 e. The van der Waals surface area contributed by atoms with Gasteiger partial charge in [-0.2, -0.15) is 0 Å². The monoisotopic (exact) mass is 82.0 g/mol. The molecule has 0 saturated heterocycles. The second kappa shape index (κ2) is 10.5. The lowest BCUT2D eigenvalue weighted by molar-refractivity contribution is 1.14. The molecule has 0 rings (SSSR count). The van der Waals surface area contributed by atoms with Crippen molar-refractivity contribution in [1.29, 1.82) is 0 Å². The lowest BCUT2D eigenvalue weighted by Crippen LogP contribution is -1.87. The van der Waals surface area contributed by atoms with Crippen LogP contribution in [0.1, 0.15) is 8.27 Å². The van der Waals surface area contributed by atoms with Crippen LogP contribution in [-0.4, -0.2) is 6.54 Å². The van der Waals surface area contributed by atoms with E-state index < -0.39 is 0 Å². The molecular formula is C2H8ClN. The van der Waals surface area contributed by atoms with Crippen molar-refractivity contribution in [2.45, 2.75) is 6.90 Å². The lowest BCUT2D eigenvalue weighted by Gasteiger charge is -1.53. The zero-order valence-electron chi connectivity index (χ0n) is 3.40. The van der Waals surface area contributed by atoms with Crippen LogP contribution in [-0.2, 0) is 0 Å². The van der Waals surface area contributed by atoms with Gasteiger partial charge in [0, 0.05) is 1.37 Å². The van der Waals surface area contributed by atoms with Gasteiger partial charge >= 0.3 is 0 Å². The van der Waals surface area contributed by atoms with Gasteiger partial charge in [0.05, 0.1) is 0 Å². The second-order valence-corrected chi connectivity index (χ2v) is 0.289. The first-order valence-electron chi connectivity index (χ1n) is 1.62. The second-order valence-electron chi connectivity index (χ2n) is 0.289. The molecule has 0 fully saturated rings. The summed E-state index contributed by atoms with van der Waals surface area (Å²) in [5.41, 5.74) is 4.84. The summed E-state index contributed by atoms with van der Waals surface area (Å²) in [5.74, 6) is 0. The highest BCUT2D eigenvalue weighted by Gasteiger charge is 1.32. The fraction of sp³-hybridized carbons (Fsp3) is 1.00. The molecule has 1 nitrogen and oxygen atoms in total. The zero-order chi connectivity index (χ0) is 3.41. The third-order valence-corrected chi connectivity index (χ3v) is 0. The summed E-state index contributed by atoms with van der Waals surface area (Å²) in [7, 11) is 0. The van der Waals surface area contributed by atoms with E-state index in [9.17, 15) is 0 Å². The molecule has 2 heteroatoms. The molecule has 28 valence electrons. The maximum absolute atomic E-state index is 6.33. The highest BCUT2D eigenvalue weighted by molar-refractivity contribution is 5.85. The van der Waals surface area contributed by atoms with Gasteiger partial charge in [-0.1, -0.05) is 6.90 Å². The highest BCUT2D eigenvalue weighted by atomic mass is 35.5. The van der Waals surface area contributed by atoms with Crippen molar-refractivity contribution in [2.24, 2.45) is 5.73 Å². The Kier molecular flexibility index (Phi) is 11.2. The van der Waals surface area contributed by atoms with E-state index in [2.05, 4.69) is 0 Å². The van der Waals surface area contributed by atoms with Gasteiger partial charge in [-0.25, -0.2) is 0 Å². The number of hydrogen-bond acceptors (Lipinski definition) is 1. The van der Waals surface area contributed by atoms with Gasteiger partial charge in [0.25, 0.3) is 0 Å². The molecule has 2 N–H and O–H groups in total. The van der Waals surface area contributed by atoms with E-state index >= 15 is 0 Å². The first kappa shape index (κ1) is 4.25. The van der Waals surface area contributed by atoms with Crippen molar-refractivity contribution in [3.8, 4) is 0 Å². The number of rotatable bonds is 0. The first-order chi connectivity index (χ1) is 1.91. The standard InChI is InChI=1S/C2H7N.ClH/c1-2-3;/h2-3H2,1H3;1H/i1D;. The van der Waals surface area contributed by atoms with Crippen LogP contribution in [0.25, 0.3) is 0 Å². The molecule has 0 unspecified atom stereocenters. The van der Waals surface area contributed by atoms with Crippen molar-refractivity contribution < 1.29 is 1.37 Å². The molecule has 4 heavy (non-hydrogen) atoms. The normalized spacial score (nSPS) is 7.75. The minimum Gasteiger partial charge on any atom is -0.331 e. The fourth-order valence-electron chi connectivity index (χ4n) is 0. The van der Waals surface area contributed by atoms with E-state index in [0.29, 0.717) is 13.4 Å². The summed E-state index contributed by atoms with van der Waals surface area (Å²) in [4.78, 5) is 0. The van der Waals surface area contributed by atoms with Crippen molar-refractivity contribution in [2.75, 3.05) is 6.54 Å². The molecule has 0 radical (unpaired) electrons. The molecule has 0 aliphatic carbocycles. The van der Waals surface area contributed by atoms with E-state index in [-0.39, 0.29) is 12.4 Å². The SMILES string of the molecule is Cl.[2H]CCN. The topological polar surface area (TPSA) is 26.0 Å². The number of hydrogen-bond donors (Lipinski definition) is 1. The molecule has 0 atom stereocenters. The third kappa shape index (κ3) is 56.3. The molecule has 0 aromatic carbocycles. The minimum atomic E-state index is 0. The van der Waals surface area contributed by atoms with Crippen LogP contribution in [0.2, 0.25) is 0 Å². The molecule has 0 aliphatic rings. The van der Waals surface area contributed by atoms with E-state index in [1.165, 1.54) is 0 Å². The molecule has 0 heterocycles. The van der Waals surface area contributed by atoms with Gasteiger partial charge in [-0.05, 0) is 6.54 Å². The van der Waals surface area contributed by atoms with Crippen LogP contribution in [0.3, 0.4) is 0 Å². The molecule has 0 spiro atoms. The first-order valence-corrected chi connectivity index (χ1v) is 0.908. The van der Waals surface area contributed by atoms with Crippen LogP contribution < -0.4 is 5.73 Å². The maximum Gasteiger partial charge on any atom is 0.0243 e. The van der Waals surface area contributed by atoms with Gasteiger partial charge < -0.3 is 5.73 Å². The van der Waals surface area contributed by atoms with Gasteiger partial charge in [-0.15, -0.1) is 12.4 Å². The smallest absolute Gasteiger partial charge is 0.0243 e. The Morgan fingerprint density at radius 2 is 2.50 bits per heavy atom. The van der Waals surface area contributed by atoms with Crippen LogP contribution in [0, 0.1) is 0 Å². The Labute approximate surface area is 34.0 Å². The van der Waals surface area contributed by atoms with Gasteiger partial charge in [0.15, 0.2) is 0 Å². The maximum atomic E-state index is 6.33. The molecule has 0 bridgehead atoms. The molecule has 0 aromatic rings. The minimum absolute atomic E-state index is 0. The van der Waals surface area contributed by atoms with Crippen LogP contribution >= 0.6 is 12.4 Å². The van der Waals surface area contributed by atoms with Crippen LogP contribution in [0.4, 0.5) is 0 Å². The zero-order valence-corrected chi connectivity index (χ0v) is 3.22. The number of halogens is 1. The Balaban J connectivity index is 0. The molecule has 0 aromatic heterocycles. The van der Waals surface area contributed by atoms with E-state index in [0.717, 1.165) is 0 Å². The molecule has 0 amide bonds. The van der Waals surface area contributed by atoms with Crippen molar-refractivity contribution >= 4 is 12.4 Å². The van der Waals surface area contributed by atoms with Crippen molar-refractivity contribution in [1.82, 2.24) is 0 Å². The molecule has 0 aliphatic heterocycles. The summed E-state index contributed by atoms with van der Waals surface area (Å²) in [6.45, 7) is 0.833. The summed E-state index contributed by atoms with van der Waals surface area (Å²) in [6.07, 6.45) is 0. The summed E-state index contributed by atoms with van der Waals surface area (Å²) in [6, 6.07) is 0. The van der Waals surface area contributed by atoms with Crippen molar-refractivity contribution in [3.63, 3.8) is 0 Å². The third-order valence-electron chi connectivity index (χ3n) is 0. The van der Waals surface area contributed by atoms with Gasteiger partial charge in [0.2, 0.25) is 0 Å². The van der Waals surface area contributed by atoms with E-state index in [4.69, 9.17) is 7.10 Å². The summed E-state index contributed by atoms with van der Waals surface area (Å²) >= 11 is 0. The van der Waals surface area contributed by atoms with Crippen LogP contribution in [0.15, 0.2) is 0 Å². The Morgan fingerprint density at radius 1 is 2.25 bits per heavy atom. The summed E-state index contributed by atoms with van der Waals surface area (Å²) < 4.78 is 6.33. The Bertz CT molecular complexity index is 11.6. The highest BCUT2D eigenvalue weighted by Crippen LogP contribution is 1.20. The van der Waals surface area contributed by atoms with Gasteiger partial charge in [0.1, 0.15) is 0 Å². The Morgan fingerprint density at radius 3 is 2.50 bits per heavy atom. The Hall–Kier alpha value is 0.250. The van der Waals surface area contributed by atoms with E-state index in [1.807, 2.05) is 0 Å². The molecular weight excluding hydrogens is 73.5 g/mol. The predicted molar refractivity (Wildman–Crippen MR) is 22.0 cm³/mol. The molecule has 0 saturated carbocycles. The van der Waals surface area contributed by atoms with Crippen LogP contribution in [0.5, 0.6) is 0 Å². The average molecular weight is 82.6 g/mol. The van der Waals surface area contributed by atoms with Gasteiger partial charge in [-0.3, -0.25) is 0 Å². The fourth-order valence-corrected chi connectivity index (χ4v) is 0. The lowest BCUT2D eigenvalue weighted by atomic mass is 10.8. The number of nitrogens with two attached hydrogens (primary N) is 1. The van der Waals surface area contributed by atoms with E-state index in [1.54, 1.807) is 0 Å². The average Bonchev–Trinajstić information content (AvgIpc) is 1.37.